The second kappa shape index (κ2) is 7.98. The van der Waals surface area contributed by atoms with Crippen molar-refractivity contribution in [1.82, 2.24) is 5.32 Å². The van der Waals surface area contributed by atoms with Crippen molar-refractivity contribution < 1.29 is 0 Å². The lowest BCUT2D eigenvalue weighted by Gasteiger charge is -2.21. The third kappa shape index (κ3) is 5.14. The van der Waals surface area contributed by atoms with Gasteiger partial charge in [-0.2, -0.15) is 0 Å². The summed E-state index contributed by atoms with van der Waals surface area (Å²) in [7, 11) is 0. The lowest BCUT2D eigenvalue weighted by Crippen LogP contribution is -2.29. The average molecular weight is 367 g/mol. The van der Waals surface area contributed by atoms with Crippen molar-refractivity contribution in [1.29, 1.82) is 0 Å². The third-order valence-corrected chi connectivity index (χ3v) is 4.45. The summed E-state index contributed by atoms with van der Waals surface area (Å²) >= 11 is 9.79. The zero-order chi connectivity index (χ0) is 15.2. The number of hydrogen-bond acceptors (Lipinski definition) is 1. The summed E-state index contributed by atoms with van der Waals surface area (Å²) in [5, 5.41) is 4.35. The van der Waals surface area contributed by atoms with Gasteiger partial charge in [0.25, 0.3) is 0 Å². The molecule has 1 atom stereocenters. The molecule has 0 saturated heterocycles. The first kappa shape index (κ1) is 16.5. The van der Waals surface area contributed by atoms with E-state index in [9.17, 15) is 0 Å². The molecule has 21 heavy (non-hydrogen) atoms. The largest absolute Gasteiger partial charge is 0.314 e. The van der Waals surface area contributed by atoms with Crippen molar-refractivity contribution in [2.45, 2.75) is 32.2 Å². The molecule has 1 N–H and O–H groups in total. The molecule has 0 fully saturated rings. The smallest absolute Gasteiger partial charge is 0.0408 e. The Morgan fingerprint density at radius 2 is 1.86 bits per heavy atom. The van der Waals surface area contributed by atoms with Gasteiger partial charge in [0.1, 0.15) is 0 Å². The number of rotatable bonds is 6. The van der Waals surface area contributed by atoms with E-state index < -0.39 is 0 Å². The minimum Gasteiger partial charge on any atom is -0.314 e. The molecule has 2 aromatic rings. The molecule has 2 rings (SSSR count). The van der Waals surface area contributed by atoms with Gasteiger partial charge in [-0.15, -0.1) is 0 Å². The van der Waals surface area contributed by atoms with Crippen molar-refractivity contribution in [3.05, 3.63) is 69.2 Å². The maximum atomic E-state index is 6.11. The number of benzene rings is 2. The standard InChI is InChI=1S/C18H21BrClN/c1-13(2)21-12-15(17-8-3-4-9-18(17)19)10-14-6-5-7-16(20)11-14/h3-9,11,13,15,21H,10,12H2,1-2H3. The molecule has 0 heterocycles. The Morgan fingerprint density at radius 1 is 1.10 bits per heavy atom. The zero-order valence-electron chi connectivity index (χ0n) is 12.4. The minimum atomic E-state index is 0.418. The predicted molar refractivity (Wildman–Crippen MR) is 95.2 cm³/mol. The molecule has 3 heteroatoms. The van der Waals surface area contributed by atoms with Crippen LogP contribution in [0, 0.1) is 0 Å². The van der Waals surface area contributed by atoms with Crippen LogP contribution in [0.25, 0.3) is 0 Å². The molecule has 112 valence electrons. The highest BCUT2D eigenvalue weighted by molar-refractivity contribution is 9.10. The van der Waals surface area contributed by atoms with Crippen LogP contribution in [0.3, 0.4) is 0 Å². The van der Waals surface area contributed by atoms with E-state index >= 15 is 0 Å². The molecule has 0 spiro atoms. The molecule has 0 aliphatic heterocycles. The fourth-order valence-electron chi connectivity index (χ4n) is 2.42. The van der Waals surface area contributed by atoms with Crippen LogP contribution in [0.2, 0.25) is 5.02 Å². The Kier molecular flexibility index (Phi) is 6.28. The van der Waals surface area contributed by atoms with Gasteiger partial charge in [0.2, 0.25) is 0 Å². The summed E-state index contributed by atoms with van der Waals surface area (Å²) in [6.45, 7) is 5.31. The predicted octanol–water partition coefficient (Wildman–Crippen LogP) is 5.43. The highest BCUT2D eigenvalue weighted by Gasteiger charge is 2.15. The zero-order valence-corrected chi connectivity index (χ0v) is 14.8. The van der Waals surface area contributed by atoms with Gasteiger partial charge in [-0.1, -0.05) is 71.7 Å². The molecular weight excluding hydrogens is 346 g/mol. The fraction of sp³-hybridized carbons (Fsp3) is 0.333. The highest BCUT2D eigenvalue weighted by Crippen LogP contribution is 2.28. The molecular formula is C18H21BrClN. The first-order valence-corrected chi connectivity index (χ1v) is 8.45. The van der Waals surface area contributed by atoms with Gasteiger partial charge in [-0.3, -0.25) is 0 Å². The molecule has 2 aromatic carbocycles. The SMILES string of the molecule is CC(C)NCC(Cc1cccc(Cl)c1)c1ccccc1Br. The van der Waals surface area contributed by atoms with Crippen LogP contribution in [0.1, 0.15) is 30.9 Å². The number of nitrogens with one attached hydrogen (secondary N) is 1. The molecule has 0 aliphatic carbocycles. The van der Waals surface area contributed by atoms with E-state index in [1.807, 2.05) is 12.1 Å². The summed E-state index contributed by atoms with van der Waals surface area (Å²) in [5.74, 6) is 0.418. The lowest BCUT2D eigenvalue weighted by molar-refractivity contribution is 0.526. The van der Waals surface area contributed by atoms with Crippen molar-refractivity contribution in [2.75, 3.05) is 6.54 Å². The Bertz CT molecular complexity index is 583. The van der Waals surface area contributed by atoms with Crippen LogP contribution in [-0.4, -0.2) is 12.6 Å². The van der Waals surface area contributed by atoms with Crippen molar-refractivity contribution in [3.63, 3.8) is 0 Å². The summed E-state index contributed by atoms with van der Waals surface area (Å²) in [5.41, 5.74) is 2.61. The van der Waals surface area contributed by atoms with E-state index in [1.165, 1.54) is 15.6 Å². The van der Waals surface area contributed by atoms with Crippen LogP contribution in [-0.2, 0) is 6.42 Å². The van der Waals surface area contributed by atoms with Gasteiger partial charge in [0, 0.05) is 28.0 Å². The molecule has 0 aliphatic rings. The molecule has 0 radical (unpaired) electrons. The Hall–Kier alpha value is -0.830. The Morgan fingerprint density at radius 3 is 2.52 bits per heavy atom. The first-order chi connectivity index (χ1) is 10.1. The highest BCUT2D eigenvalue weighted by atomic mass is 79.9. The van der Waals surface area contributed by atoms with E-state index in [4.69, 9.17) is 11.6 Å². The van der Waals surface area contributed by atoms with Gasteiger partial charge >= 0.3 is 0 Å². The van der Waals surface area contributed by atoms with Crippen molar-refractivity contribution in [3.8, 4) is 0 Å². The summed E-state index contributed by atoms with van der Waals surface area (Å²) in [6, 6.07) is 17.1. The minimum absolute atomic E-state index is 0.418. The van der Waals surface area contributed by atoms with E-state index in [0.717, 1.165) is 18.0 Å². The second-order valence-corrected chi connectivity index (χ2v) is 6.91. The van der Waals surface area contributed by atoms with Gasteiger partial charge < -0.3 is 5.32 Å². The van der Waals surface area contributed by atoms with Gasteiger partial charge in [0.15, 0.2) is 0 Å². The molecule has 0 aromatic heterocycles. The van der Waals surface area contributed by atoms with Crippen molar-refractivity contribution >= 4 is 27.5 Å². The first-order valence-electron chi connectivity index (χ1n) is 7.28. The van der Waals surface area contributed by atoms with Gasteiger partial charge in [-0.05, 0) is 35.7 Å². The van der Waals surface area contributed by atoms with Crippen LogP contribution in [0.4, 0.5) is 0 Å². The lowest BCUT2D eigenvalue weighted by atomic mass is 9.91. The Balaban J connectivity index is 2.22. The average Bonchev–Trinajstić information content (AvgIpc) is 2.44. The quantitative estimate of drug-likeness (QED) is 0.719. The monoisotopic (exact) mass is 365 g/mol. The van der Waals surface area contributed by atoms with Crippen LogP contribution in [0.15, 0.2) is 53.0 Å². The Labute approximate surface area is 140 Å². The van der Waals surface area contributed by atoms with Gasteiger partial charge in [0.05, 0.1) is 0 Å². The molecule has 1 nitrogen and oxygen atoms in total. The molecule has 0 saturated carbocycles. The molecule has 0 amide bonds. The van der Waals surface area contributed by atoms with Crippen LogP contribution >= 0.6 is 27.5 Å². The van der Waals surface area contributed by atoms with E-state index in [1.54, 1.807) is 0 Å². The summed E-state index contributed by atoms with van der Waals surface area (Å²) < 4.78 is 1.17. The van der Waals surface area contributed by atoms with E-state index in [2.05, 4.69) is 71.5 Å². The van der Waals surface area contributed by atoms with Crippen molar-refractivity contribution in [2.24, 2.45) is 0 Å². The van der Waals surface area contributed by atoms with E-state index in [-0.39, 0.29) is 0 Å². The number of hydrogen-bond donors (Lipinski definition) is 1. The third-order valence-electron chi connectivity index (χ3n) is 3.49. The van der Waals surface area contributed by atoms with E-state index in [0.29, 0.717) is 12.0 Å². The normalized spacial score (nSPS) is 12.6. The fourth-order valence-corrected chi connectivity index (χ4v) is 3.25. The maximum absolute atomic E-state index is 6.11. The van der Waals surface area contributed by atoms with Crippen LogP contribution < -0.4 is 5.32 Å². The van der Waals surface area contributed by atoms with Crippen LogP contribution in [0.5, 0.6) is 0 Å². The maximum Gasteiger partial charge on any atom is 0.0408 e. The molecule has 1 unspecified atom stereocenters. The van der Waals surface area contributed by atoms with Gasteiger partial charge in [-0.25, -0.2) is 0 Å². The summed E-state index contributed by atoms with van der Waals surface area (Å²) in [4.78, 5) is 0. The number of halogens is 2. The molecule has 0 bridgehead atoms. The topological polar surface area (TPSA) is 12.0 Å². The summed E-state index contributed by atoms with van der Waals surface area (Å²) in [6.07, 6.45) is 0.975. The second-order valence-electron chi connectivity index (χ2n) is 5.62.